The van der Waals surface area contributed by atoms with Crippen molar-refractivity contribution in [1.29, 1.82) is 5.41 Å². The number of nitro benzene ring substituents is 1. The summed E-state index contributed by atoms with van der Waals surface area (Å²) in [5.41, 5.74) is -9.60. The summed E-state index contributed by atoms with van der Waals surface area (Å²) in [6.07, 6.45) is 5.50. The standard InChI is InChI=1S/C9H8.C6H5NO2.C3HF6NO4S2.H3N/c1-2-5-9-7-3-6-8(9)4-1;8-7(9)6-4-2-1-3-5-6;4-2(5,6)15(11,12)1(10)16(13,14)3(7,8)9;/h1-6H,7H2;1-5H;10H;1H3. The summed E-state index contributed by atoms with van der Waals surface area (Å²) in [7, 11) is -13.7. The van der Waals surface area contributed by atoms with Gasteiger partial charge in [0, 0.05) is 12.1 Å². The van der Waals surface area contributed by atoms with Crippen LogP contribution < -0.4 is 6.15 Å². The zero-order chi connectivity index (χ0) is 26.4. The predicted molar refractivity (Wildman–Crippen MR) is 115 cm³/mol. The number of halogens is 6. The van der Waals surface area contributed by atoms with Crippen molar-refractivity contribution in [2.24, 2.45) is 0 Å². The van der Waals surface area contributed by atoms with E-state index >= 15 is 0 Å². The van der Waals surface area contributed by atoms with E-state index in [0.717, 1.165) is 6.42 Å². The summed E-state index contributed by atoms with van der Waals surface area (Å²) in [5, 5.41) is 16.0. The molecule has 0 amide bonds. The molecule has 2 aromatic carbocycles. The fourth-order valence-electron chi connectivity index (χ4n) is 2.10. The molecule has 0 aliphatic heterocycles. The number of non-ortho nitro benzene ring substituents is 1. The molecule has 0 saturated carbocycles. The van der Waals surface area contributed by atoms with E-state index in [1.54, 1.807) is 18.2 Å². The first kappa shape index (κ1) is 31.7. The molecule has 1 aliphatic rings. The van der Waals surface area contributed by atoms with Crippen molar-refractivity contribution in [1.82, 2.24) is 6.15 Å². The number of allylic oxidation sites excluding steroid dienone is 1. The first-order valence-electron chi connectivity index (χ1n) is 8.58. The van der Waals surface area contributed by atoms with Gasteiger partial charge >= 0.3 is 30.7 Å². The third-order valence-corrected chi connectivity index (χ3v) is 7.27. The molecule has 0 spiro atoms. The Balaban J connectivity index is 0.000000517. The fourth-order valence-corrected chi connectivity index (χ4v) is 4.24. The average molecular weight is 549 g/mol. The molecular formula is C18H17F6N3O6S2. The second-order valence-corrected chi connectivity index (χ2v) is 10.1. The van der Waals surface area contributed by atoms with Gasteiger partial charge in [-0.1, -0.05) is 54.6 Å². The zero-order valence-electron chi connectivity index (χ0n) is 17.2. The normalized spacial score (nSPS) is 12.6. The smallest absolute Gasteiger partial charge is 0.344 e. The van der Waals surface area contributed by atoms with Crippen molar-refractivity contribution in [3.63, 3.8) is 0 Å². The van der Waals surface area contributed by atoms with E-state index in [9.17, 15) is 53.3 Å². The minimum Gasteiger partial charge on any atom is -0.344 e. The highest BCUT2D eigenvalue weighted by Gasteiger charge is 2.60. The lowest BCUT2D eigenvalue weighted by molar-refractivity contribution is -0.384. The van der Waals surface area contributed by atoms with Crippen molar-refractivity contribution in [2.45, 2.75) is 17.4 Å². The second kappa shape index (κ2) is 11.9. The van der Waals surface area contributed by atoms with Crippen LogP contribution in [0.1, 0.15) is 11.1 Å². The van der Waals surface area contributed by atoms with Crippen LogP contribution >= 0.6 is 0 Å². The number of nitro groups is 1. The van der Waals surface area contributed by atoms with Crippen LogP contribution in [-0.2, 0) is 26.1 Å². The molecule has 194 valence electrons. The molecule has 2 aromatic rings. The lowest BCUT2D eigenvalue weighted by atomic mass is 10.1. The molecule has 0 radical (unpaired) electrons. The van der Waals surface area contributed by atoms with Gasteiger partial charge in [0.05, 0.1) is 4.92 Å². The van der Waals surface area contributed by atoms with E-state index in [2.05, 4.69) is 36.4 Å². The fraction of sp³-hybridized carbons (Fsp3) is 0.167. The quantitative estimate of drug-likeness (QED) is 0.169. The lowest BCUT2D eigenvalue weighted by Crippen LogP contribution is -2.40. The first-order chi connectivity index (χ1) is 15.4. The highest BCUT2D eigenvalue weighted by molar-refractivity contribution is 8.31. The van der Waals surface area contributed by atoms with Crippen LogP contribution in [0.25, 0.3) is 6.08 Å². The van der Waals surface area contributed by atoms with Crippen molar-refractivity contribution in [3.05, 3.63) is 81.9 Å². The molecule has 0 aromatic heterocycles. The number of rotatable bonds is 1. The number of nitrogens with zero attached hydrogens (tertiary/aromatic N) is 1. The Morgan fingerprint density at radius 3 is 1.63 bits per heavy atom. The third-order valence-electron chi connectivity index (χ3n) is 3.75. The maximum Gasteiger partial charge on any atom is 0.504 e. The Hall–Kier alpha value is -3.31. The van der Waals surface area contributed by atoms with Crippen molar-refractivity contribution in [2.75, 3.05) is 0 Å². The van der Waals surface area contributed by atoms with E-state index < -0.39 is 40.0 Å². The van der Waals surface area contributed by atoms with Gasteiger partial charge in [-0.25, -0.2) is 16.8 Å². The second-order valence-electron chi connectivity index (χ2n) is 6.08. The van der Waals surface area contributed by atoms with Crippen molar-refractivity contribution in [3.8, 4) is 0 Å². The molecule has 1 aliphatic carbocycles. The summed E-state index contributed by atoms with van der Waals surface area (Å²) < 4.78 is 107. The van der Waals surface area contributed by atoms with Gasteiger partial charge in [-0.2, -0.15) is 26.3 Å². The Kier molecular flexibility index (Phi) is 10.8. The van der Waals surface area contributed by atoms with Gasteiger partial charge in [-0.15, -0.1) is 0 Å². The Morgan fingerprint density at radius 2 is 1.26 bits per heavy atom. The summed E-state index contributed by atoms with van der Waals surface area (Å²) in [6.45, 7) is 0. The highest BCUT2D eigenvalue weighted by Crippen LogP contribution is 2.32. The number of nitrogens with one attached hydrogen (secondary N) is 1. The molecule has 3 rings (SSSR count). The topological polar surface area (TPSA) is 170 Å². The number of hydrogen-bond donors (Lipinski definition) is 2. The van der Waals surface area contributed by atoms with Gasteiger partial charge in [0.15, 0.2) is 0 Å². The van der Waals surface area contributed by atoms with Gasteiger partial charge in [0.2, 0.25) is 0 Å². The third kappa shape index (κ3) is 8.15. The number of hydrogen-bond acceptors (Lipinski definition) is 8. The molecule has 0 heterocycles. The van der Waals surface area contributed by atoms with Gasteiger partial charge in [-0.05, 0) is 17.5 Å². The predicted octanol–water partition coefficient (Wildman–Crippen LogP) is 4.80. The molecule has 0 atom stereocenters. The van der Waals surface area contributed by atoms with E-state index in [-0.39, 0.29) is 11.8 Å². The van der Waals surface area contributed by atoms with Crippen LogP contribution in [0.2, 0.25) is 0 Å². The number of sulfone groups is 2. The molecule has 17 heteroatoms. The van der Waals surface area contributed by atoms with E-state index in [0.29, 0.717) is 0 Å². The summed E-state index contributed by atoms with van der Waals surface area (Å²) >= 11 is 0. The van der Waals surface area contributed by atoms with Crippen LogP contribution in [-0.4, -0.2) is 37.2 Å². The Bertz CT molecular complexity index is 1230. The van der Waals surface area contributed by atoms with E-state index in [4.69, 9.17) is 5.41 Å². The molecule has 0 unspecified atom stereocenters. The van der Waals surface area contributed by atoms with Crippen molar-refractivity contribution < 1.29 is 48.1 Å². The van der Waals surface area contributed by atoms with Gasteiger partial charge in [-0.3, -0.25) is 15.5 Å². The minimum atomic E-state index is -6.84. The number of alkyl halides is 6. The number of benzene rings is 2. The van der Waals surface area contributed by atoms with Gasteiger partial charge < -0.3 is 6.15 Å². The van der Waals surface area contributed by atoms with Gasteiger partial charge in [0.1, 0.15) is 0 Å². The molecular weight excluding hydrogens is 532 g/mol. The number of fused-ring (bicyclic) bond motifs is 1. The number of para-hydroxylation sites is 1. The van der Waals surface area contributed by atoms with Crippen LogP contribution in [0, 0.1) is 15.5 Å². The molecule has 9 nitrogen and oxygen atoms in total. The summed E-state index contributed by atoms with van der Waals surface area (Å²) in [6, 6.07) is 16.4. The Labute approximate surface area is 195 Å². The van der Waals surface area contributed by atoms with Crippen LogP contribution in [0.5, 0.6) is 0 Å². The maximum absolute atomic E-state index is 11.6. The van der Waals surface area contributed by atoms with E-state index in [1.807, 2.05) is 0 Å². The monoisotopic (exact) mass is 549 g/mol. The maximum atomic E-state index is 11.6. The summed E-state index contributed by atoms with van der Waals surface area (Å²) in [4.78, 5) is 9.59. The van der Waals surface area contributed by atoms with Crippen LogP contribution in [0.15, 0.2) is 60.7 Å². The minimum absolute atomic E-state index is 0. The molecule has 35 heavy (non-hydrogen) atoms. The molecule has 0 bridgehead atoms. The van der Waals surface area contributed by atoms with Crippen LogP contribution in [0.4, 0.5) is 32.0 Å². The zero-order valence-corrected chi connectivity index (χ0v) is 18.9. The van der Waals surface area contributed by atoms with E-state index in [1.165, 1.54) is 23.3 Å². The molecule has 0 fully saturated rings. The SMILES string of the molecule is C1=Cc2ccccc2C1.N.N=C(S(=O)(=O)C(F)(F)F)S(=O)(=O)C(F)(F)F.O=[N+]([O-])c1ccccc1. The largest absolute Gasteiger partial charge is 0.504 e. The van der Waals surface area contributed by atoms with Crippen molar-refractivity contribution >= 4 is 35.8 Å². The molecule has 4 N–H and O–H groups in total. The Morgan fingerprint density at radius 1 is 0.829 bits per heavy atom. The highest BCUT2D eigenvalue weighted by atomic mass is 32.3. The first-order valence-corrected chi connectivity index (χ1v) is 11.5. The average Bonchev–Trinajstić information content (AvgIpc) is 3.22. The summed E-state index contributed by atoms with van der Waals surface area (Å²) in [5.74, 6) is 0. The van der Waals surface area contributed by atoms with Crippen LogP contribution in [0.3, 0.4) is 0 Å². The van der Waals surface area contributed by atoms with Gasteiger partial charge in [0.25, 0.3) is 10.1 Å². The molecule has 0 saturated heterocycles. The lowest BCUT2D eigenvalue weighted by Gasteiger charge is -2.11.